The van der Waals surface area contributed by atoms with Crippen LogP contribution in [0.2, 0.25) is 0 Å². The monoisotopic (exact) mass is 400 g/mol. The van der Waals surface area contributed by atoms with Gasteiger partial charge in [-0.25, -0.2) is 8.42 Å². The molecule has 0 aliphatic heterocycles. The average molecular weight is 400 g/mol. The predicted molar refractivity (Wildman–Crippen MR) is 96.6 cm³/mol. The summed E-state index contributed by atoms with van der Waals surface area (Å²) in [6.45, 7) is 1.10. The summed E-state index contributed by atoms with van der Waals surface area (Å²) in [6.07, 6.45) is -3.79. The van der Waals surface area contributed by atoms with Gasteiger partial charge in [0.1, 0.15) is 6.54 Å². The largest absolute Gasteiger partial charge is 0.416 e. The van der Waals surface area contributed by atoms with Gasteiger partial charge in [-0.15, -0.1) is 0 Å². The van der Waals surface area contributed by atoms with Crippen molar-refractivity contribution in [2.75, 3.05) is 17.1 Å². The number of hydrogen-bond donors (Lipinski definition) is 1. The van der Waals surface area contributed by atoms with Gasteiger partial charge in [-0.3, -0.25) is 9.10 Å². The number of amides is 1. The van der Waals surface area contributed by atoms with Gasteiger partial charge in [-0.1, -0.05) is 36.4 Å². The first-order chi connectivity index (χ1) is 12.5. The molecule has 0 fully saturated rings. The number of hydrogen-bond acceptors (Lipinski definition) is 3. The summed E-state index contributed by atoms with van der Waals surface area (Å²) in [5, 5.41) is 2.65. The first-order valence-electron chi connectivity index (χ1n) is 7.98. The smallest absolute Gasteiger partial charge is 0.348 e. The molecule has 1 atom stereocenters. The summed E-state index contributed by atoms with van der Waals surface area (Å²) in [4.78, 5) is 12.3. The van der Waals surface area contributed by atoms with Crippen molar-refractivity contribution in [2.45, 2.75) is 19.1 Å². The van der Waals surface area contributed by atoms with Crippen LogP contribution in [0.3, 0.4) is 0 Å². The van der Waals surface area contributed by atoms with E-state index in [0.29, 0.717) is 10.4 Å². The molecule has 0 bridgehead atoms. The molecule has 0 heterocycles. The number of carbonyl (C=O) groups excluding carboxylic acids is 1. The molecule has 0 spiro atoms. The highest BCUT2D eigenvalue weighted by atomic mass is 32.2. The summed E-state index contributed by atoms with van der Waals surface area (Å²) in [6, 6.07) is 12.5. The molecule has 27 heavy (non-hydrogen) atoms. The molecule has 0 aliphatic rings. The van der Waals surface area contributed by atoms with E-state index in [2.05, 4.69) is 5.32 Å². The van der Waals surface area contributed by atoms with Crippen LogP contribution < -0.4 is 9.62 Å². The standard InChI is InChI=1S/C18H19F3N2O3S/c1-13(14-7-4-3-5-8-14)22-17(24)12-23(27(2,25)26)16-10-6-9-15(11-16)18(19,20)21/h3-11,13H,12H2,1-2H3,(H,22,24)/t13-/m1/s1. The summed E-state index contributed by atoms with van der Waals surface area (Å²) in [5.74, 6) is -0.630. The van der Waals surface area contributed by atoms with Crippen LogP contribution in [0.25, 0.3) is 0 Å². The van der Waals surface area contributed by atoms with E-state index in [4.69, 9.17) is 0 Å². The number of nitrogens with zero attached hydrogens (tertiary/aromatic N) is 1. The van der Waals surface area contributed by atoms with E-state index in [1.165, 1.54) is 6.07 Å². The number of halogens is 3. The number of alkyl halides is 3. The zero-order valence-electron chi connectivity index (χ0n) is 14.7. The summed E-state index contributed by atoms with van der Waals surface area (Å²) < 4.78 is 63.5. The fourth-order valence-electron chi connectivity index (χ4n) is 2.48. The van der Waals surface area contributed by atoms with Gasteiger partial charge in [-0.05, 0) is 30.7 Å². The van der Waals surface area contributed by atoms with Crippen molar-refractivity contribution < 1.29 is 26.4 Å². The van der Waals surface area contributed by atoms with Crippen molar-refractivity contribution in [1.29, 1.82) is 0 Å². The van der Waals surface area contributed by atoms with Crippen LogP contribution in [0.15, 0.2) is 54.6 Å². The van der Waals surface area contributed by atoms with Crippen molar-refractivity contribution in [3.63, 3.8) is 0 Å². The second kappa shape index (κ2) is 7.99. The molecule has 2 aromatic carbocycles. The normalized spacial score (nSPS) is 13.1. The number of carbonyl (C=O) groups is 1. The van der Waals surface area contributed by atoms with Crippen LogP contribution >= 0.6 is 0 Å². The van der Waals surface area contributed by atoms with E-state index in [0.717, 1.165) is 24.0 Å². The molecule has 0 radical (unpaired) electrons. The average Bonchev–Trinajstić information content (AvgIpc) is 2.59. The van der Waals surface area contributed by atoms with Crippen LogP contribution in [0.5, 0.6) is 0 Å². The highest BCUT2D eigenvalue weighted by Crippen LogP contribution is 2.32. The first kappa shape index (κ1) is 20.8. The van der Waals surface area contributed by atoms with Gasteiger partial charge in [0.15, 0.2) is 0 Å². The van der Waals surface area contributed by atoms with E-state index in [1.807, 2.05) is 6.07 Å². The number of sulfonamides is 1. The maximum absolute atomic E-state index is 12.9. The molecule has 2 aromatic rings. The maximum atomic E-state index is 12.9. The number of anilines is 1. The van der Waals surface area contributed by atoms with E-state index >= 15 is 0 Å². The fraction of sp³-hybridized carbons (Fsp3) is 0.278. The van der Waals surface area contributed by atoms with Crippen LogP contribution in [0.1, 0.15) is 24.1 Å². The third kappa shape index (κ3) is 5.72. The summed E-state index contributed by atoms with van der Waals surface area (Å²) in [5.41, 5.74) is -0.405. The predicted octanol–water partition coefficient (Wildman–Crippen LogP) is 3.35. The lowest BCUT2D eigenvalue weighted by atomic mass is 10.1. The van der Waals surface area contributed by atoms with Crippen molar-refractivity contribution in [2.24, 2.45) is 0 Å². The molecule has 2 rings (SSSR count). The van der Waals surface area contributed by atoms with Crippen LogP contribution in [-0.4, -0.2) is 27.1 Å². The zero-order chi connectivity index (χ0) is 20.2. The van der Waals surface area contributed by atoms with Crippen LogP contribution in [0, 0.1) is 0 Å². The maximum Gasteiger partial charge on any atom is 0.416 e. The number of benzene rings is 2. The Morgan fingerprint density at radius 1 is 1.11 bits per heavy atom. The first-order valence-corrected chi connectivity index (χ1v) is 9.82. The molecule has 1 N–H and O–H groups in total. The fourth-order valence-corrected chi connectivity index (χ4v) is 3.33. The van der Waals surface area contributed by atoms with Gasteiger partial charge in [0, 0.05) is 0 Å². The highest BCUT2D eigenvalue weighted by Gasteiger charge is 2.32. The second-order valence-corrected chi connectivity index (χ2v) is 7.92. The molecule has 0 saturated carbocycles. The van der Waals surface area contributed by atoms with E-state index in [1.54, 1.807) is 31.2 Å². The number of nitrogens with one attached hydrogen (secondary N) is 1. The minimum Gasteiger partial charge on any atom is -0.348 e. The zero-order valence-corrected chi connectivity index (χ0v) is 15.5. The minimum atomic E-state index is -4.62. The Labute approximate surface area is 155 Å². The molecule has 0 unspecified atom stereocenters. The highest BCUT2D eigenvalue weighted by molar-refractivity contribution is 7.92. The summed E-state index contributed by atoms with van der Waals surface area (Å²) in [7, 11) is -3.97. The third-order valence-electron chi connectivity index (χ3n) is 3.83. The molecule has 0 saturated heterocycles. The Morgan fingerprint density at radius 3 is 2.30 bits per heavy atom. The van der Waals surface area contributed by atoms with Gasteiger partial charge in [0.2, 0.25) is 15.9 Å². The van der Waals surface area contributed by atoms with Crippen molar-refractivity contribution >= 4 is 21.6 Å². The lowest BCUT2D eigenvalue weighted by Crippen LogP contribution is -2.41. The molecule has 146 valence electrons. The Bertz CT molecular complexity index is 900. The Morgan fingerprint density at radius 2 is 1.74 bits per heavy atom. The van der Waals surface area contributed by atoms with Crippen LogP contribution in [0.4, 0.5) is 18.9 Å². The van der Waals surface area contributed by atoms with E-state index in [9.17, 15) is 26.4 Å². The minimum absolute atomic E-state index is 0.227. The van der Waals surface area contributed by atoms with E-state index in [-0.39, 0.29) is 11.7 Å². The molecule has 1 amide bonds. The van der Waals surface area contributed by atoms with Crippen molar-refractivity contribution in [3.05, 3.63) is 65.7 Å². The number of rotatable bonds is 6. The third-order valence-corrected chi connectivity index (χ3v) is 4.97. The molecular formula is C18H19F3N2O3S. The van der Waals surface area contributed by atoms with E-state index < -0.39 is 34.2 Å². The quantitative estimate of drug-likeness (QED) is 0.809. The van der Waals surface area contributed by atoms with Crippen molar-refractivity contribution in [3.8, 4) is 0 Å². The Hall–Kier alpha value is -2.55. The van der Waals surface area contributed by atoms with Gasteiger partial charge in [0.25, 0.3) is 0 Å². The SMILES string of the molecule is C[C@@H](NC(=O)CN(c1cccc(C(F)(F)F)c1)S(C)(=O)=O)c1ccccc1. The molecule has 0 aliphatic carbocycles. The molecule has 9 heteroatoms. The Balaban J connectivity index is 2.22. The van der Waals surface area contributed by atoms with Gasteiger partial charge < -0.3 is 5.32 Å². The molecule has 5 nitrogen and oxygen atoms in total. The van der Waals surface area contributed by atoms with Gasteiger partial charge in [-0.2, -0.15) is 13.2 Å². The lowest BCUT2D eigenvalue weighted by Gasteiger charge is -2.24. The topological polar surface area (TPSA) is 66.5 Å². The van der Waals surface area contributed by atoms with Gasteiger partial charge >= 0.3 is 6.18 Å². The second-order valence-electron chi connectivity index (χ2n) is 6.02. The van der Waals surface area contributed by atoms with Crippen LogP contribution in [-0.2, 0) is 21.0 Å². The summed E-state index contributed by atoms with van der Waals surface area (Å²) >= 11 is 0. The lowest BCUT2D eigenvalue weighted by molar-refractivity contribution is -0.137. The van der Waals surface area contributed by atoms with Crippen molar-refractivity contribution in [1.82, 2.24) is 5.32 Å². The molecular weight excluding hydrogens is 381 g/mol. The Kier molecular flexibility index (Phi) is 6.15. The molecule has 0 aromatic heterocycles. The van der Waals surface area contributed by atoms with Gasteiger partial charge in [0.05, 0.1) is 23.5 Å².